The second-order valence-electron chi connectivity index (χ2n) is 6.92. The van der Waals surface area contributed by atoms with Gasteiger partial charge in [-0.05, 0) is 26.8 Å². The van der Waals surface area contributed by atoms with E-state index in [2.05, 4.69) is 4.18 Å². The number of amides is 1. The minimum absolute atomic E-state index is 0.154. The smallest absolute Gasteiger partial charge is 0.444 e. The average Bonchev–Trinajstić information content (AvgIpc) is 2.21. The summed E-state index contributed by atoms with van der Waals surface area (Å²) in [7, 11) is -5.78. The summed E-state index contributed by atoms with van der Waals surface area (Å²) in [5.41, 5.74) is -7.10. The number of ether oxygens (including phenoxy) is 1. The molecule has 0 aromatic carbocycles. The molecule has 10 heteroatoms. The molecule has 23 heavy (non-hydrogen) atoms. The minimum atomic E-state index is -5.78. The Balaban J connectivity index is 2.99. The SMILES string of the molecule is CC1(C)C=C(OS(=O)(=O)C(F)(F)F)CN(C(=O)OC(C)(C)C)C1. The summed E-state index contributed by atoms with van der Waals surface area (Å²) < 4.78 is 68.8. The van der Waals surface area contributed by atoms with E-state index in [1.807, 2.05) is 0 Å². The zero-order chi connectivity index (χ0) is 18.3. The van der Waals surface area contributed by atoms with Gasteiger partial charge in [-0.25, -0.2) is 4.79 Å². The Labute approximate surface area is 133 Å². The van der Waals surface area contributed by atoms with Crippen molar-refractivity contribution in [3.05, 3.63) is 11.8 Å². The molecule has 0 aromatic heterocycles. The first-order chi connectivity index (χ1) is 10.0. The standard InChI is InChI=1S/C13H20F3NO5S/c1-11(2,3)21-10(18)17-7-9(6-12(4,5)8-17)22-23(19,20)13(14,15)16/h6H,7-8H2,1-5H3. The summed E-state index contributed by atoms with van der Waals surface area (Å²) >= 11 is 0. The first kappa shape index (κ1) is 19.6. The van der Waals surface area contributed by atoms with Crippen LogP contribution in [0.5, 0.6) is 0 Å². The molecule has 1 aliphatic rings. The van der Waals surface area contributed by atoms with Crippen LogP contribution < -0.4 is 0 Å². The molecule has 0 N–H and O–H groups in total. The maximum absolute atomic E-state index is 12.4. The first-order valence-corrected chi connectivity index (χ1v) is 8.14. The van der Waals surface area contributed by atoms with Crippen LogP contribution in [0.1, 0.15) is 34.6 Å². The quantitative estimate of drug-likeness (QED) is 0.560. The fraction of sp³-hybridized carbons (Fsp3) is 0.769. The lowest BCUT2D eigenvalue weighted by Crippen LogP contribution is -2.46. The molecule has 0 unspecified atom stereocenters. The van der Waals surface area contributed by atoms with Gasteiger partial charge in [0.15, 0.2) is 0 Å². The van der Waals surface area contributed by atoms with Crippen LogP contribution in [-0.2, 0) is 19.0 Å². The Morgan fingerprint density at radius 2 is 1.78 bits per heavy atom. The summed E-state index contributed by atoms with van der Waals surface area (Å²) in [6, 6.07) is 0. The molecule has 0 bridgehead atoms. The Morgan fingerprint density at radius 3 is 2.22 bits per heavy atom. The first-order valence-electron chi connectivity index (χ1n) is 6.73. The molecule has 0 radical (unpaired) electrons. The van der Waals surface area contributed by atoms with Crippen molar-refractivity contribution in [3.8, 4) is 0 Å². The number of hydrogen-bond acceptors (Lipinski definition) is 5. The summed E-state index contributed by atoms with van der Waals surface area (Å²) in [5, 5.41) is 0. The third-order valence-corrected chi connectivity index (χ3v) is 3.65. The highest BCUT2D eigenvalue weighted by atomic mass is 32.2. The van der Waals surface area contributed by atoms with E-state index in [1.165, 1.54) is 6.08 Å². The van der Waals surface area contributed by atoms with E-state index in [1.54, 1.807) is 34.6 Å². The fourth-order valence-electron chi connectivity index (χ4n) is 1.96. The normalized spacial score (nSPS) is 19.1. The largest absolute Gasteiger partial charge is 0.534 e. The van der Waals surface area contributed by atoms with E-state index in [0.717, 1.165) is 4.90 Å². The molecule has 1 amide bonds. The molecule has 0 saturated carbocycles. The van der Waals surface area contributed by atoms with Gasteiger partial charge >= 0.3 is 21.7 Å². The van der Waals surface area contributed by atoms with Gasteiger partial charge in [-0.15, -0.1) is 0 Å². The summed E-state index contributed by atoms with van der Waals surface area (Å²) in [4.78, 5) is 13.2. The van der Waals surface area contributed by atoms with Crippen LogP contribution >= 0.6 is 0 Å². The van der Waals surface area contributed by atoms with E-state index >= 15 is 0 Å². The zero-order valence-corrected chi connectivity index (χ0v) is 14.3. The topological polar surface area (TPSA) is 72.9 Å². The Bertz CT molecular complexity index is 602. The van der Waals surface area contributed by atoms with Crippen molar-refractivity contribution in [2.45, 2.75) is 45.7 Å². The van der Waals surface area contributed by atoms with Crippen LogP contribution in [0.25, 0.3) is 0 Å². The maximum Gasteiger partial charge on any atom is 0.534 e. The number of halogens is 3. The zero-order valence-electron chi connectivity index (χ0n) is 13.5. The molecule has 1 aliphatic heterocycles. The molecule has 0 aromatic rings. The monoisotopic (exact) mass is 359 g/mol. The van der Waals surface area contributed by atoms with Crippen molar-refractivity contribution >= 4 is 16.2 Å². The number of carbonyl (C=O) groups is 1. The summed E-state index contributed by atoms with van der Waals surface area (Å²) in [6.07, 6.45) is 0.501. The molecule has 1 heterocycles. The third-order valence-electron chi connectivity index (χ3n) is 2.65. The average molecular weight is 359 g/mol. The van der Waals surface area contributed by atoms with Gasteiger partial charge < -0.3 is 8.92 Å². The van der Waals surface area contributed by atoms with E-state index in [-0.39, 0.29) is 6.54 Å². The van der Waals surface area contributed by atoms with Gasteiger partial charge in [0.2, 0.25) is 0 Å². The highest BCUT2D eigenvalue weighted by Gasteiger charge is 2.49. The highest BCUT2D eigenvalue weighted by Crippen LogP contribution is 2.32. The van der Waals surface area contributed by atoms with Gasteiger partial charge in [-0.2, -0.15) is 21.6 Å². The lowest BCUT2D eigenvalue weighted by Gasteiger charge is -2.36. The van der Waals surface area contributed by atoms with Gasteiger partial charge in [0, 0.05) is 12.0 Å². The molecular formula is C13H20F3NO5S. The predicted molar refractivity (Wildman–Crippen MR) is 75.7 cm³/mol. The minimum Gasteiger partial charge on any atom is -0.444 e. The van der Waals surface area contributed by atoms with Crippen LogP contribution in [0.2, 0.25) is 0 Å². The Kier molecular flexibility index (Phi) is 5.01. The molecule has 0 spiro atoms. The van der Waals surface area contributed by atoms with Gasteiger partial charge in [-0.1, -0.05) is 13.8 Å². The van der Waals surface area contributed by atoms with Gasteiger partial charge in [0.25, 0.3) is 0 Å². The fourth-order valence-corrected chi connectivity index (χ4v) is 2.43. The lowest BCUT2D eigenvalue weighted by atomic mass is 9.89. The third kappa shape index (κ3) is 5.60. The second-order valence-corrected chi connectivity index (χ2v) is 8.46. The predicted octanol–water partition coefficient (Wildman–Crippen LogP) is 3.01. The number of rotatable bonds is 2. The number of alkyl halides is 3. The highest BCUT2D eigenvalue weighted by molar-refractivity contribution is 7.87. The number of carbonyl (C=O) groups excluding carboxylic acids is 1. The van der Waals surface area contributed by atoms with Crippen LogP contribution in [0.4, 0.5) is 18.0 Å². The molecule has 1 rings (SSSR count). The molecule has 0 atom stereocenters. The number of nitrogens with zero attached hydrogens (tertiary/aromatic N) is 1. The molecule has 134 valence electrons. The van der Waals surface area contributed by atoms with Crippen LogP contribution in [0.15, 0.2) is 11.8 Å². The lowest BCUT2D eigenvalue weighted by molar-refractivity contribution is -0.0528. The molecule has 0 aliphatic carbocycles. The second kappa shape index (κ2) is 5.88. The van der Waals surface area contributed by atoms with E-state index in [0.29, 0.717) is 0 Å². The van der Waals surface area contributed by atoms with Crippen LogP contribution in [-0.4, -0.2) is 43.6 Å². The molecule has 0 fully saturated rings. The Hall–Kier alpha value is -1.45. The van der Waals surface area contributed by atoms with Crippen LogP contribution in [0, 0.1) is 5.41 Å². The van der Waals surface area contributed by atoms with Crippen molar-refractivity contribution < 1.29 is 35.3 Å². The van der Waals surface area contributed by atoms with Gasteiger partial charge in [-0.3, -0.25) is 4.90 Å². The van der Waals surface area contributed by atoms with Crippen molar-refractivity contribution in [2.75, 3.05) is 13.1 Å². The Morgan fingerprint density at radius 1 is 1.26 bits per heavy atom. The summed E-state index contributed by atoms with van der Waals surface area (Å²) in [5.74, 6) is -0.468. The van der Waals surface area contributed by atoms with Crippen molar-refractivity contribution in [1.82, 2.24) is 4.90 Å². The van der Waals surface area contributed by atoms with Gasteiger partial charge in [0.1, 0.15) is 11.4 Å². The van der Waals surface area contributed by atoms with E-state index < -0.39 is 45.0 Å². The molecule has 6 nitrogen and oxygen atoms in total. The van der Waals surface area contributed by atoms with Crippen molar-refractivity contribution in [2.24, 2.45) is 5.41 Å². The van der Waals surface area contributed by atoms with Crippen LogP contribution in [0.3, 0.4) is 0 Å². The van der Waals surface area contributed by atoms with Crippen molar-refractivity contribution in [3.63, 3.8) is 0 Å². The maximum atomic E-state index is 12.4. The summed E-state index contributed by atoms with van der Waals surface area (Å²) in [6.45, 7) is 7.92. The van der Waals surface area contributed by atoms with E-state index in [9.17, 15) is 26.4 Å². The van der Waals surface area contributed by atoms with E-state index in [4.69, 9.17) is 4.74 Å². The molecular weight excluding hydrogens is 339 g/mol. The van der Waals surface area contributed by atoms with Gasteiger partial charge in [0.05, 0.1) is 6.54 Å². The molecule has 0 saturated heterocycles. The number of hydrogen-bond donors (Lipinski definition) is 0. The van der Waals surface area contributed by atoms with Crippen molar-refractivity contribution in [1.29, 1.82) is 0 Å².